The summed E-state index contributed by atoms with van der Waals surface area (Å²) in [5.41, 5.74) is 0.678. The van der Waals surface area contributed by atoms with Gasteiger partial charge in [-0.05, 0) is 62.4 Å². The number of nitrogens with zero attached hydrogens (tertiary/aromatic N) is 1. The predicted molar refractivity (Wildman–Crippen MR) is 156 cm³/mol. The van der Waals surface area contributed by atoms with E-state index >= 15 is 0 Å². The van der Waals surface area contributed by atoms with Crippen LogP contribution in [0, 0.1) is 5.92 Å². The summed E-state index contributed by atoms with van der Waals surface area (Å²) in [6.45, 7) is 8.34. The molecule has 0 bridgehead atoms. The van der Waals surface area contributed by atoms with Crippen molar-refractivity contribution in [2.45, 2.75) is 84.3 Å². The van der Waals surface area contributed by atoms with E-state index in [1.54, 1.807) is 13.2 Å². The van der Waals surface area contributed by atoms with Crippen molar-refractivity contribution in [3.05, 3.63) is 72.0 Å². The Morgan fingerprint density at radius 1 is 1.02 bits per heavy atom. The highest BCUT2D eigenvalue weighted by molar-refractivity contribution is 5.96. The van der Waals surface area contributed by atoms with Gasteiger partial charge in [-0.2, -0.15) is 0 Å². The molecule has 0 spiro atoms. The van der Waals surface area contributed by atoms with Crippen LogP contribution in [-0.4, -0.2) is 35.7 Å². The molecule has 3 aromatic rings. The van der Waals surface area contributed by atoms with Crippen LogP contribution in [0.1, 0.15) is 71.1 Å². The smallest absolute Gasteiger partial charge is 0.248 e. The summed E-state index contributed by atoms with van der Waals surface area (Å²) in [5, 5.41) is 9.70. The summed E-state index contributed by atoms with van der Waals surface area (Å²) in [7, 11) is 1.74. The lowest BCUT2D eigenvalue weighted by Crippen LogP contribution is -2.44. The van der Waals surface area contributed by atoms with Crippen LogP contribution in [-0.2, 0) is 27.2 Å². The zero-order chi connectivity index (χ0) is 29.0. The van der Waals surface area contributed by atoms with Crippen molar-refractivity contribution in [1.82, 2.24) is 10.5 Å². The SMILES string of the molecule is CCCC(NC(=O)Cc1cccc(Oc2ccccc2)c1)C(=O)Nc1cc(CC(C)CCCC(C)(C)OC)on1. The third kappa shape index (κ3) is 10.5. The first-order valence-electron chi connectivity index (χ1n) is 14.1. The first kappa shape index (κ1) is 30.9. The first-order valence-corrected chi connectivity index (χ1v) is 14.1. The number of benzene rings is 2. The third-order valence-corrected chi connectivity index (χ3v) is 6.86. The zero-order valence-electron chi connectivity index (χ0n) is 24.4. The van der Waals surface area contributed by atoms with E-state index in [4.69, 9.17) is 14.0 Å². The number of nitrogens with one attached hydrogen (secondary N) is 2. The minimum atomic E-state index is -0.676. The molecule has 2 amide bonds. The van der Waals surface area contributed by atoms with Crippen molar-refractivity contribution >= 4 is 17.6 Å². The van der Waals surface area contributed by atoms with Crippen LogP contribution < -0.4 is 15.4 Å². The number of anilines is 1. The topological polar surface area (TPSA) is 103 Å². The van der Waals surface area contributed by atoms with Gasteiger partial charge in [-0.3, -0.25) is 9.59 Å². The average Bonchev–Trinajstić information content (AvgIpc) is 3.35. The molecular formula is C32H43N3O5. The largest absolute Gasteiger partial charge is 0.457 e. The summed E-state index contributed by atoms with van der Waals surface area (Å²) < 4.78 is 16.8. The number of rotatable bonds is 16. The van der Waals surface area contributed by atoms with Gasteiger partial charge >= 0.3 is 0 Å². The molecule has 0 saturated heterocycles. The Bertz CT molecular complexity index is 1210. The number of hydrogen-bond acceptors (Lipinski definition) is 6. The van der Waals surface area contributed by atoms with Gasteiger partial charge in [0.2, 0.25) is 11.8 Å². The summed E-state index contributed by atoms with van der Waals surface area (Å²) >= 11 is 0. The van der Waals surface area contributed by atoms with Crippen LogP contribution in [0.5, 0.6) is 11.5 Å². The second-order valence-electron chi connectivity index (χ2n) is 11.0. The highest BCUT2D eigenvalue weighted by Crippen LogP contribution is 2.23. The lowest BCUT2D eigenvalue weighted by atomic mass is 9.94. The summed E-state index contributed by atoms with van der Waals surface area (Å²) in [6, 6.07) is 17.9. The molecule has 2 N–H and O–H groups in total. The fourth-order valence-electron chi connectivity index (χ4n) is 4.44. The van der Waals surface area contributed by atoms with Gasteiger partial charge in [0.15, 0.2) is 5.82 Å². The standard InChI is InChI=1S/C32H43N3O5/c1-6-12-28(33-30(36)21-24-14-10-17-26(20-24)39-25-15-8-7-9-16-25)31(37)34-29-22-27(40-35-29)19-23(2)13-11-18-32(3,4)38-5/h7-10,14-17,20,22-23,28H,6,11-13,18-19,21H2,1-5H3,(H,33,36)(H,34,35,37). The molecular weight excluding hydrogens is 506 g/mol. The van der Waals surface area contributed by atoms with E-state index in [1.807, 2.05) is 61.5 Å². The van der Waals surface area contributed by atoms with E-state index in [2.05, 4.69) is 36.6 Å². The fraction of sp³-hybridized carbons (Fsp3) is 0.469. The van der Waals surface area contributed by atoms with E-state index in [0.29, 0.717) is 23.9 Å². The molecule has 0 fully saturated rings. The Hall–Kier alpha value is -3.65. The molecule has 0 radical (unpaired) electrons. The van der Waals surface area contributed by atoms with Gasteiger partial charge in [0.05, 0.1) is 12.0 Å². The van der Waals surface area contributed by atoms with Crippen LogP contribution in [0.15, 0.2) is 65.2 Å². The van der Waals surface area contributed by atoms with Gasteiger partial charge in [0.1, 0.15) is 23.3 Å². The van der Waals surface area contributed by atoms with Crippen molar-refractivity contribution < 1.29 is 23.6 Å². The number of para-hydroxylation sites is 1. The second kappa shape index (κ2) is 15.2. The normalized spacial score (nSPS) is 12.9. The maximum atomic E-state index is 13.0. The Morgan fingerprint density at radius 2 is 1.77 bits per heavy atom. The quantitative estimate of drug-likeness (QED) is 0.206. The molecule has 216 valence electrons. The Morgan fingerprint density at radius 3 is 2.50 bits per heavy atom. The molecule has 2 unspecified atom stereocenters. The molecule has 0 aliphatic heterocycles. The lowest BCUT2D eigenvalue weighted by molar-refractivity contribution is -0.126. The molecule has 8 heteroatoms. The molecule has 1 heterocycles. The van der Waals surface area contributed by atoms with Gasteiger partial charge in [-0.1, -0.05) is 68.6 Å². The first-order chi connectivity index (χ1) is 19.2. The monoisotopic (exact) mass is 549 g/mol. The van der Waals surface area contributed by atoms with Gasteiger partial charge in [0, 0.05) is 19.6 Å². The van der Waals surface area contributed by atoms with Crippen molar-refractivity contribution in [2.75, 3.05) is 12.4 Å². The molecule has 0 aliphatic rings. The third-order valence-electron chi connectivity index (χ3n) is 6.86. The molecule has 1 aromatic heterocycles. The zero-order valence-corrected chi connectivity index (χ0v) is 24.4. The molecule has 2 aromatic carbocycles. The molecule has 0 saturated carbocycles. The number of ether oxygens (including phenoxy) is 2. The summed E-state index contributed by atoms with van der Waals surface area (Å²) in [4.78, 5) is 25.8. The molecule has 2 atom stereocenters. The minimum Gasteiger partial charge on any atom is -0.457 e. The van der Waals surface area contributed by atoms with Crippen LogP contribution in [0.4, 0.5) is 5.82 Å². The maximum Gasteiger partial charge on any atom is 0.248 e. The van der Waals surface area contributed by atoms with Crippen LogP contribution in [0.3, 0.4) is 0 Å². The highest BCUT2D eigenvalue weighted by Gasteiger charge is 2.22. The van der Waals surface area contributed by atoms with Crippen molar-refractivity contribution in [3.8, 4) is 11.5 Å². The number of carbonyl (C=O) groups is 2. The van der Waals surface area contributed by atoms with E-state index in [0.717, 1.165) is 49.2 Å². The Balaban J connectivity index is 1.50. The van der Waals surface area contributed by atoms with Gasteiger partial charge in [0.25, 0.3) is 0 Å². The summed E-state index contributed by atoms with van der Waals surface area (Å²) in [5.74, 6) is 2.31. The highest BCUT2D eigenvalue weighted by atomic mass is 16.5. The van der Waals surface area contributed by atoms with E-state index in [9.17, 15) is 9.59 Å². The van der Waals surface area contributed by atoms with Crippen LogP contribution in [0.2, 0.25) is 0 Å². The van der Waals surface area contributed by atoms with Gasteiger partial charge < -0.3 is 24.6 Å². The van der Waals surface area contributed by atoms with Crippen molar-refractivity contribution in [3.63, 3.8) is 0 Å². The molecule has 40 heavy (non-hydrogen) atoms. The van der Waals surface area contributed by atoms with Crippen LogP contribution >= 0.6 is 0 Å². The number of hydrogen-bond donors (Lipinski definition) is 2. The molecule has 3 rings (SSSR count). The number of aromatic nitrogens is 1. The summed E-state index contributed by atoms with van der Waals surface area (Å²) in [6.07, 6.45) is 5.20. The number of amides is 2. The van der Waals surface area contributed by atoms with Gasteiger partial charge in [-0.15, -0.1) is 0 Å². The van der Waals surface area contributed by atoms with Crippen molar-refractivity contribution in [1.29, 1.82) is 0 Å². The Kier molecular flexibility index (Phi) is 11.8. The lowest BCUT2D eigenvalue weighted by Gasteiger charge is -2.23. The van der Waals surface area contributed by atoms with E-state index in [-0.39, 0.29) is 23.8 Å². The average molecular weight is 550 g/mol. The number of carbonyl (C=O) groups excluding carboxylic acids is 2. The molecule has 0 aliphatic carbocycles. The van der Waals surface area contributed by atoms with E-state index < -0.39 is 6.04 Å². The second-order valence-corrected chi connectivity index (χ2v) is 11.0. The van der Waals surface area contributed by atoms with E-state index in [1.165, 1.54) is 0 Å². The van der Waals surface area contributed by atoms with Crippen LogP contribution in [0.25, 0.3) is 0 Å². The number of methoxy groups -OCH3 is 1. The maximum absolute atomic E-state index is 13.0. The molecule has 8 nitrogen and oxygen atoms in total. The van der Waals surface area contributed by atoms with Crippen molar-refractivity contribution in [2.24, 2.45) is 5.92 Å². The Labute approximate surface area is 237 Å². The van der Waals surface area contributed by atoms with Gasteiger partial charge in [-0.25, -0.2) is 0 Å². The fourth-order valence-corrected chi connectivity index (χ4v) is 4.44. The predicted octanol–water partition coefficient (Wildman–Crippen LogP) is 6.71. The minimum absolute atomic E-state index is 0.116.